The molecule has 0 aliphatic heterocycles. The fourth-order valence-corrected chi connectivity index (χ4v) is 6.26. The summed E-state index contributed by atoms with van der Waals surface area (Å²) in [5, 5.41) is 0. The molecule has 6 nitrogen and oxygen atoms in total. The van der Waals surface area contributed by atoms with Gasteiger partial charge < -0.3 is 14.2 Å². The number of hydrogen-bond donors (Lipinski definition) is 0. The van der Waals surface area contributed by atoms with Crippen molar-refractivity contribution in [2.75, 3.05) is 13.2 Å². The van der Waals surface area contributed by atoms with Crippen molar-refractivity contribution >= 4 is 17.9 Å². The average Bonchev–Trinajstić information content (AvgIpc) is 3.34. The summed E-state index contributed by atoms with van der Waals surface area (Å²) in [5.74, 6) is -1.08. The van der Waals surface area contributed by atoms with Gasteiger partial charge in [0.25, 0.3) is 0 Å². The smallest absolute Gasteiger partial charge is 0.306 e. The molecule has 0 heterocycles. The quantitative estimate of drug-likeness (QED) is 0.0199. The standard InChI is InChI=1S/C62H92O6/c1-4-7-10-13-16-19-22-25-27-29-31-33-34-37-40-43-46-49-52-55-61(64)67-58-59(57-66-60(63)54-51-48-45-42-39-36-24-21-18-15-12-9-6-3)68-62(65)56-53-50-47-44-41-38-35-32-30-28-26-23-20-17-14-11-8-5-2/h7,9-12,14-21,23-28,30-33,35,37,40,46,49,59H,4-6,8,13,22,29,34,36,38-39,41-45,47-48,50-58H2,1-3H3/b10-7+,12-9+,14-11+,18-15+,19-16+,20-17+,24-21+,26-23+,27-25+,30-28+,33-31+,35-32+,40-37+,49-46+. The van der Waals surface area contributed by atoms with Crippen molar-refractivity contribution in [1.29, 1.82) is 0 Å². The predicted octanol–water partition coefficient (Wildman–Crippen LogP) is 17.6. The maximum atomic E-state index is 12.8. The predicted molar refractivity (Wildman–Crippen MR) is 292 cm³/mol. The van der Waals surface area contributed by atoms with Gasteiger partial charge in [0.05, 0.1) is 0 Å². The highest BCUT2D eigenvalue weighted by Gasteiger charge is 2.19. The SMILES string of the molecule is CC/C=C/C=C/C=C/CCCCCCCC(=O)OCC(COC(=O)CC/C=C/C/C=C/C/C=C/C/C=C/C/C=C/C/C=C/CC)OC(=O)CCCCCCC/C=C/C=C/C=C/C=C/C=C/CCC. The van der Waals surface area contributed by atoms with E-state index in [1.807, 2.05) is 54.7 Å². The van der Waals surface area contributed by atoms with E-state index in [2.05, 4.69) is 136 Å². The third-order valence-electron chi connectivity index (χ3n) is 10.1. The van der Waals surface area contributed by atoms with E-state index in [9.17, 15) is 14.4 Å². The van der Waals surface area contributed by atoms with Crippen molar-refractivity contribution in [3.8, 4) is 0 Å². The highest BCUT2D eigenvalue weighted by Crippen LogP contribution is 2.12. The Hall–Kier alpha value is -5.23. The number of carbonyl (C=O) groups is 3. The Bertz CT molecular complexity index is 1640. The van der Waals surface area contributed by atoms with Crippen LogP contribution in [0.5, 0.6) is 0 Å². The van der Waals surface area contributed by atoms with Gasteiger partial charge in [-0.3, -0.25) is 14.4 Å². The minimum absolute atomic E-state index is 0.132. The van der Waals surface area contributed by atoms with Crippen molar-refractivity contribution in [2.24, 2.45) is 0 Å². The maximum Gasteiger partial charge on any atom is 0.306 e. The zero-order valence-corrected chi connectivity index (χ0v) is 42.8. The minimum atomic E-state index is -0.840. The summed E-state index contributed by atoms with van der Waals surface area (Å²) < 4.78 is 16.7. The first-order valence-electron chi connectivity index (χ1n) is 26.2. The largest absolute Gasteiger partial charge is 0.462 e. The van der Waals surface area contributed by atoms with Gasteiger partial charge >= 0.3 is 17.9 Å². The molecule has 1 unspecified atom stereocenters. The lowest BCUT2D eigenvalue weighted by molar-refractivity contribution is -0.166. The number of rotatable bonds is 44. The minimum Gasteiger partial charge on any atom is -0.462 e. The highest BCUT2D eigenvalue weighted by molar-refractivity contribution is 5.71. The molecule has 0 aliphatic rings. The Morgan fingerprint density at radius 3 is 1.13 bits per heavy atom. The van der Waals surface area contributed by atoms with Crippen LogP contribution in [0.15, 0.2) is 170 Å². The second kappa shape index (κ2) is 54.4. The molecular weight excluding hydrogens is 841 g/mol. The van der Waals surface area contributed by atoms with Crippen LogP contribution in [0.2, 0.25) is 0 Å². The summed E-state index contributed by atoms with van der Waals surface area (Å²) >= 11 is 0. The first kappa shape index (κ1) is 62.8. The Balaban J connectivity index is 4.63. The van der Waals surface area contributed by atoms with Gasteiger partial charge in [0.15, 0.2) is 6.10 Å². The lowest BCUT2D eigenvalue weighted by Crippen LogP contribution is -2.30. The number of ether oxygens (including phenoxy) is 3. The third-order valence-corrected chi connectivity index (χ3v) is 10.1. The molecule has 0 saturated carbocycles. The first-order valence-corrected chi connectivity index (χ1v) is 26.2. The topological polar surface area (TPSA) is 78.9 Å². The van der Waals surface area contributed by atoms with Crippen molar-refractivity contribution in [2.45, 2.75) is 187 Å². The Labute approximate surface area is 415 Å². The average molecular weight is 933 g/mol. The molecule has 0 bridgehead atoms. The zero-order valence-electron chi connectivity index (χ0n) is 42.8. The molecule has 0 amide bonds. The normalized spacial score (nSPS) is 13.5. The molecule has 0 fully saturated rings. The van der Waals surface area contributed by atoms with Crippen LogP contribution in [0, 0.1) is 0 Å². The van der Waals surface area contributed by atoms with Crippen LogP contribution < -0.4 is 0 Å². The van der Waals surface area contributed by atoms with Gasteiger partial charge in [-0.2, -0.15) is 0 Å². The summed E-state index contributed by atoms with van der Waals surface area (Å²) in [7, 11) is 0. The Morgan fingerprint density at radius 1 is 0.324 bits per heavy atom. The van der Waals surface area contributed by atoms with Gasteiger partial charge in [0, 0.05) is 19.3 Å². The number of unbranched alkanes of at least 4 members (excludes halogenated alkanes) is 11. The number of allylic oxidation sites excluding steroid dienone is 28. The van der Waals surface area contributed by atoms with Crippen LogP contribution in [-0.2, 0) is 28.6 Å². The van der Waals surface area contributed by atoms with Gasteiger partial charge in [-0.1, -0.05) is 236 Å². The molecule has 0 aliphatic carbocycles. The van der Waals surface area contributed by atoms with E-state index in [1.165, 1.54) is 6.42 Å². The van der Waals surface area contributed by atoms with Gasteiger partial charge in [-0.15, -0.1) is 0 Å². The van der Waals surface area contributed by atoms with E-state index in [4.69, 9.17) is 14.2 Å². The summed E-state index contributed by atoms with van der Waals surface area (Å²) in [6.45, 7) is 6.16. The molecule has 1 atom stereocenters. The molecule has 0 rings (SSSR count). The van der Waals surface area contributed by atoms with E-state index in [0.717, 1.165) is 128 Å². The van der Waals surface area contributed by atoms with Gasteiger partial charge in [0.1, 0.15) is 13.2 Å². The highest BCUT2D eigenvalue weighted by atomic mass is 16.6. The maximum absolute atomic E-state index is 12.8. The van der Waals surface area contributed by atoms with E-state index < -0.39 is 6.10 Å². The van der Waals surface area contributed by atoms with Crippen molar-refractivity contribution < 1.29 is 28.6 Å². The van der Waals surface area contributed by atoms with Crippen LogP contribution in [0.4, 0.5) is 0 Å². The molecular formula is C62H92O6. The third kappa shape index (κ3) is 51.7. The molecule has 0 aromatic carbocycles. The molecule has 0 aromatic heterocycles. The van der Waals surface area contributed by atoms with E-state index in [-0.39, 0.29) is 44.0 Å². The molecule has 0 radical (unpaired) electrons. The zero-order chi connectivity index (χ0) is 49.3. The Morgan fingerprint density at radius 2 is 0.676 bits per heavy atom. The van der Waals surface area contributed by atoms with Crippen LogP contribution >= 0.6 is 0 Å². The summed E-state index contributed by atoms with van der Waals surface area (Å²) in [4.78, 5) is 38.0. The van der Waals surface area contributed by atoms with E-state index >= 15 is 0 Å². The number of hydrogen-bond acceptors (Lipinski definition) is 6. The molecule has 6 heteroatoms. The van der Waals surface area contributed by atoms with Crippen LogP contribution in [-0.4, -0.2) is 37.2 Å². The van der Waals surface area contributed by atoms with E-state index in [0.29, 0.717) is 12.8 Å². The van der Waals surface area contributed by atoms with Crippen LogP contribution in [0.1, 0.15) is 181 Å². The van der Waals surface area contributed by atoms with Crippen LogP contribution in [0.25, 0.3) is 0 Å². The van der Waals surface area contributed by atoms with Crippen LogP contribution in [0.3, 0.4) is 0 Å². The molecule has 68 heavy (non-hydrogen) atoms. The summed E-state index contributed by atoms with van der Waals surface area (Å²) in [5.41, 5.74) is 0. The fraction of sp³-hybridized carbons (Fsp3) is 0.500. The second-order valence-electron chi connectivity index (χ2n) is 16.5. The molecule has 0 aromatic rings. The number of esters is 3. The monoisotopic (exact) mass is 933 g/mol. The molecule has 0 spiro atoms. The lowest BCUT2D eigenvalue weighted by atomic mass is 10.1. The van der Waals surface area contributed by atoms with Crippen molar-refractivity contribution in [3.63, 3.8) is 0 Å². The first-order chi connectivity index (χ1) is 33.5. The summed E-state index contributed by atoms with van der Waals surface area (Å²) in [6, 6.07) is 0. The van der Waals surface area contributed by atoms with Gasteiger partial charge in [-0.25, -0.2) is 0 Å². The van der Waals surface area contributed by atoms with Gasteiger partial charge in [0.2, 0.25) is 0 Å². The Kier molecular flexibility index (Phi) is 50.2. The van der Waals surface area contributed by atoms with Crippen molar-refractivity contribution in [3.05, 3.63) is 170 Å². The fourth-order valence-electron chi connectivity index (χ4n) is 6.26. The molecule has 0 N–H and O–H groups in total. The van der Waals surface area contributed by atoms with Crippen molar-refractivity contribution in [1.82, 2.24) is 0 Å². The molecule has 376 valence electrons. The second-order valence-corrected chi connectivity index (χ2v) is 16.5. The summed E-state index contributed by atoms with van der Waals surface area (Å²) in [6.07, 6.45) is 80.5. The van der Waals surface area contributed by atoms with Gasteiger partial charge in [-0.05, 0) is 96.3 Å². The lowest BCUT2D eigenvalue weighted by Gasteiger charge is -2.18. The molecule has 0 saturated heterocycles. The van der Waals surface area contributed by atoms with E-state index in [1.54, 1.807) is 0 Å². The number of carbonyl (C=O) groups excluding carboxylic acids is 3.